The van der Waals surface area contributed by atoms with Gasteiger partial charge in [0, 0.05) is 17.3 Å². The fraction of sp³-hybridized carbons (Fsp3) is 0.0909. The maximum atomic E-state index is 13.3. The minimum atomic E-state index is -0.531. The number of nitrogens with zero attached hydrogens (tertiary/aromatic N) is 1. The van der Waals surface area contributed by atoms with Gasteiger partial charge in [-0.3, -0.25) is 0 Å². The molecule has 0 atom stereocenters. The molecule has 0 amide bonds. The van der Waals surface area contributed by atoms with Gasteiger partial charge in [0.1, 0.15) is 11.4 Å². The van der Waals surface area contributed by atoms with E-state index in [0.717, 1.165) is 16.7 Å². The van der Waals surface area contributed by atoms with Gasteiger partial charge in [-0.25, -0.2) is 14.2 Å². The number of esters is 1. The first-order valence-electron chi connectivity index (χ1n) is 8.41. The number of carbonyl (C=O) groups excluding carboxylic acids is 1. The van der Waals surface area contributed by atoms with E-state index in [4.69, 9.17) is 9.15 Å². The fourth-order valence-corrected chi connectivity index (χ4v) is 3.14. The van der Waals surface area contributed by atoms with E-state index in [-0.39, 0.29) is 11.4 Å². The van der Waals surface area contributed by atoms with Crippen LogP contribution in [0.25, 0.3) is 33.6 Å². The molecule has 4 aromatic rings. The van der Waals surface area contributed by atoms with Crippen LogP contribution in [0.2, 0.25) is 0 Å². The van der Waals surface area contributed by atoms with E-state index in [2.05, 4.69) is 4.98 Å². The lowest BCUT2D eigenvalue weighted by atomic mass is 10.00. The van der Waals surface area contributed by atoms with E-state index < -0.39 is 5.97 Å². The quantitative estimate of drug-likeness (QED) is 0.459. The molecular weight excluding hydrogens is 345 g/mol. The van der Waals surface area contributed by atoms with E-state index >= 15 is 0 Å². The molecule has 0 saturated heterocycles. The lowest BCUT2D eigenvalue weighted by molar-refractivity contribution is 0.0603. The number of halogens is 1. The summed E-state index contributed by atoms with van der Waals surface area (Å²) in [6, 6.07) is 15.5. The van der Waals surface area contributed by atoms with Crippen LogP contribution in [-0.2, 0) is 4.74 Å². The number of furan rings is 1. The van der Waals surface area contributed by atoms with Gasteiger partial charge < -0.3 is 9.15 Å². The Morgan fingerprint density at radius 2 is 1.81 bits per heavy atom. The maximum absolute atomic E-state index is 13.3. The van der Waals surface area contributed by atoms with Crippen LogP contribution in [0.15, 0.2) is 65.2 Å². The predicted molar refractivity (Wildman–Crippen MR) is 101 cm³/mol. The zero-order valence-corrected chi connectivity index (χ0v) is 14.8. The van der Waals surface area contributed by atoms with Gasteiger partial charge in [0.2, 0.25) is 5.71 Å². The highest BCUT2D eigenvalue weighted by Crippen LogP contribution is 2.35. The van der Waals surface area contributed by atoms with Crippen molar-refractivity contribution >= 4 is 17.1 Å². The molecule has 5 heteroatoms. The summed E-state index contributed by atoms with van der Waals surface area (Å²) in [5.74, 6) is -0.586. The molecule has 0 saturated carbocycles. The average Bonchev–Trinajstić information content (AvgIpc) is 3.07. The Kier molecular flexibility index (Phi) is 4.20. The summed E-state index contributed by atoms with van der Waals surface area (Å²) < 4.78 is 24.1. The summed E-state index contributed by atoms with van der Waals surface area (Å²) >= 11 is 0. The van der Waals surface area contributed by atoms with Crippen molar-refractivity contribution in [2.45, 2.75) is 6.92 Å². The number of carbonyl (C=O) groups is 1. The van der Waals surface area contributed by atoms with Gasteiger partial charge in [-0.15, -0.1) is 0 Å². The van der Waals surface area contributed by atoms with Gasteiger partial charge in [-0.05, 0) is 48.4 Å². The van der Waals surface area contributed by atoms with Crippen molar-refractivity contribution < 1.29 is 18.3 Å². The first-order chi connectivity index (χ1) is 13.1. The zero-order chi connectivity index (χ0) is 19.0. The van der Waals surface area contributed by atoms with Gasteiger partial charge in [0.05, 0.1) is 12.5 Å². The number of fused-ring (bicyclic) bond motifs is 1. The van der Waals surface area contributed by atoms with Crippen LogP contribution in [0, 0.1) is 12.7 Å². The Hall–Kier alpha value is -3.47. The van der Waals surface area contributed by atoms with Gasteiger partial charge >= 0.3 is 5.97 Å². The lowest BCUT2D eigenvalue weighted by Crippen LogP contribution is -2.02. The first-order valence-corrected chi connectivity index (χ1v) is 8.41. The number of methoxy groups -OCH3 is 1. The molecule has 0 aliphatic carbocycles. The molecule has 0 radical (unpaired) electrons. The van der Waals surface area contributed by atoms with Crippen LogP contribution in [0.3, 0.4) is 0 Å². The lowest BCUT2D eigenvalue weighted by Gasteiger charge is -2.05. The molecule has 2 aromatic heterocycles. The Morgan fingerprint density at radius 3 is 2.52 bits per heavy atom. The number of aromatic nitrogens is 1. The second kappa shape index (κ2) is 6.68. The van der Waals surface area contributed by atoms with Crippen LogP contribution >= 0.6 is 0 Å². The zero-order valence-electron chi connectivity index (χ0n) is 14.8. The van der Waals surface area contributed by atoms with Crippen molar-refractivity contribution in [1.29, 1.82) is 0 Å². The SMILES string of the molecule is COC(=O)c1c(-c2ccc(F)cc2)oc2ncc(-c3ccccc3C)cc12. The van der Waals surface area contributed by atoms with Gasteiger partial charge in [0.15, 0.2) is 5.76 Å². The van der Waals surface area contributed by atoms with Crippen molar-refractivity contribution in [2.24, 2.45) is 0 Å². The van der Waals surface area contributed by atoms with Gasteiger partial charge in [-0.2, -0.15) is 0 Å². The number of hydrogen-bond donors (Lipinski definition) is 0. The van der Waals surface area contributed by atoms with Crippen molar-refractivity contribution in [3.05, 3.63) is 77.7 Å². The molecule has 0 spiro atoms. The summed E-state index contributed by atoms with van der Waals surface area (Å²) in [5, 5.41) is 0.557. The third-order valence-corrected chi connectivity index (χ3v) is 4.50. The Balaban J connectivity index is 1.97. The van der Waals surface area contributed by atoms with E-state index in [1.165, 1.54) is 19.2 Å². The van der Waals surface area contributed by atoms with Crippen molar-refractivity contribution in [1.82, 2.24) is 4.98 Å². The monoisotopic (exact) mass is 361 g/mol. The standard InChI is InChI=1S/C22H16FNO3/c1-13-5-3-4-6-17(13)15-11-18-19(22(25)26-2)20(27-21(18)24-12-15)14-7-9-16(23)10-8-14/h3-12H,1-2H3. The maximum Gasteiger partial charge on any atom is 0.342 e. The Labute approximate surface area is 155 Å². The van der Waals surface area contributed by atoms with Crippen LogP contribution in [-0.4, -0.2) is 18.1 Å². The Morgan fingerprint density at radius 1 is 1.07 bits per heavy atom. The molecule has 0 fully saturated rings. The first kappa shape index (κ1) is 17.0. The smallest absolute Gasteiger partial charge is 0.342 e. The molecule has 4 rings (SSSR count). The predicted octanol–water partition coefficient (Wildman–Crippen LogP) is 5.40. The van der Waals surface area contributed by atoms with Crippen LogP contribution in [0.1, 0.15) is 15.9 Å². The molecule has 2 heterocycles. The summed E-state index contributed by atoms with van der Waals surface area (Å²) in [7, 11) is 1.31. The molecule has 2 aromatic carbocycles. The van der Waals surface area contributed by atoms with E-state index in [1.54, 1.807) is 18.3 Å². The molecule has 0 bridgehead atoms. The number of pyridine rings is 1. The third kappa shape index (κ3) is 2.97. The van der Waals surface area contributed by atoms with Crippen molar-refractivity contribution in [3.63, 3.8) is 0 Å². The number of rotatable bonds is 3. The summed E-state index contributed by atoms with van der Waals surface area (Å²) in [6.45, 7) is 2.01. The summed E-state index contributed by atoms with van der Waals surface area (Å²) in [4.78, 5) is 16.9. The van der Waals surface area contributed by atoms with Crippen molar-refractivity contribution in [2.75, 3.05) is 7.11 Å². The van der Waals surface area contributed by atoms with Crippen LogP contribution < -0.4 is 0 Å². The topological polar surface area (TPSA) is 52.3 Å². The van der Waals surface area contributed by atoms with Crippen LogP contribution in [0.5, 0.6) is 0 Å². The third-order valence-electron chi connectivity index (χ3n) is 4.50. The highest BCUT2D eigenvalue weighted by molar-refractivity contribution is 6.08. The number of benzene rings is 2. The minimum absolute atomic E-state index is 0.280. The highest BCUT2D eigenvalue weighted by Gasteiger charge is 2.24. The van der Waals surface area contributed by atoms with Crippen LogP contribution in [0.4, 0.5) is 4.39 Å². The minimum Gasteiger partial charge on any atom is -0.465 e. The molecular formula is C22H16FNO3. The fourth-order valence-electron chi connectivity index (χ4n) is 3.14. The van der Waals surface area contributed by atoms with E-state index in [1.807, 2.05) is 37.3 Å². The molecule has 134 valence electrons. The number of ether oxygens (including phenoxy) is 1. The normalized spacial score (nSPS) is 10.9. The average molecular weight is 361 g/mol. The van der Waals surface area contributed by atoms with Gasteiger partial charge in [-0.1, -0.05) is 24.3 Å². The molecule has 4 nitrogen and oxygen atoms in total. The molecule has 0 N–H and O–H groups in total. The molecule has 27 heavy (non-hydrogen) atoms. The largest absolute Gasteiger partial charge is 0.465 e. The Bertz CT molecular complexity index is 1150. The second-order valence-electron chi connectivity index (χ2n) is 6.20. The number of hydrogen-bond acceptors (Lipinski definition) is 4. The van der Waals surface area contributed by atoms with Gasteiger partial charge in [0.25, 0.3) is 0 Å². The molecule has 0 aliphatic heterocycles. The molecule has 0 aliphatic rings. The number of aryl methyl sites for hydroxylation is 1. The van der Waals surface area contributed by atoms with Crippen molar-refractivity contribution in [3.8, 4) is 22.5 Å². The summed E-state index contributed by atoms with van der Waals surface area (Å²) in [6.07, 6.45) is 1.71. The highest BCUT2D eigenvalue weighted by atomic mass is 19.1. The summed E-state index contributed by atoms with van der Waals surface area (Å²) in [5.41, 5.74) is 4.17. The van der Waals surface area contributed by atoms with E-state index in [9.17, 15) is 9.18 Å². The molecule has 0 unspecified atom stereocenters. The van der Waals surface area contributed by atoms with E-state index in [0.29, 0.717) is 22.4 Å². The second-order valence-corrected chi connectivity index (χ2v) is 6.20.